The van der Waals surface area contributed by atoms with Crippen LogP contribution in [0, 0.1) is 0 Å². The second-order valence-corrected chi connectivity index (χ2v) is 13.5. The number of fused-ring (bicyclic) bond motifs is 2. The van der Waals surface area contributed by atoms with Crippen LogP contribution in [0.2, 0.25) is 13.1 Å². The van der Waals surface area contributed by atoms with Crippen molar-refractivity contribution >= 4 is 25.7 Å². The number of benzene rings is 3. The highest BCUT2D eigenvalue weighted by Crippen LogP contribution is 2.55. The Kier molecular flexibility index (Phi) is 5.72. The van der Waals surface area contributed by atoms with E-state index in [0.717, 1.165) is 0 Å². The van der Waals surface area contributed by atoms with E-state index in [1.54, 1.807) is 0 Å². The van der Waals surface area contributed by atoms with Gasteiger partial charge in [0, 0.05) is 17.3 Å². The van der Waals surface area contributed by atoms with Crippen LogP contribution in [-0.4, -0.2) is 14.1 Å². The average molecular weight is 461 g/mol. The Morgan fingerprint density at radius 1 is 0.735 bits per heavy atom. The number of hydrogen-bond donors (Lipinski definition) is 0. The van der Waals surface area contributed by atoms with Gasteiger partial charge in [-0.25, -0.2) is 0 Å². The van der Waals surface area contributed by atoms with Crippen molar-refractivity contribution in [2.75, 3.05) is 0 Å². The molecule has 3 aromatic carbocycles. The highest BCUT2D eigenvalue weighted by Gasteiger charge is 2.38. The first-order valence-electron chi connectivity index (χ1n) is 12.5. The molecule has 0 aliphatic heterocycles. The van der Waals surface area contributed by atoms with Gasteiger partial charge in [-0.2, -0.15) is 0 Å². The molecule has 0 saturated heterocycles. The fraction of sp³-hybridized carbons (Fsp3) is 0.303. The maximum atomic E-state index is 2.54. The highest BCUT2D eigenvalue weighted by atomic mass is 28.2. The molecule has 1 heteroatoms. The third-order valence-electron chi connectivity index (χ3n) is 8.02. The van der Waals surface area contributed by atoms with Crippen LogP contribution in [0.25, 0.3) is 22.8 Å². The maximum absolute atomic E-state index is 2.54. The summed E-state index contributed by atoms with van der Waals surface area (Å²) in [5, 5.41) is 0. The van der Waals surface area contributed by atoms with E-state index in [4.69, 9.17) is 0 Å². The molecule has 2 aliphatic carbocycles. The average Bonchev–Trinajstić information content (AvgIpc) is 3.26. The van der Waals surface area contributed by atoms with Crippen LogP contribution in [0.5, 0.6) is 0 Å². The smallest absolute Gasteiger partial charge is 0.0164 e. The van der Waals surface area contributed by atoms with Gasteiger partial charge in [-0.05, 0) is 73.7 Å². The summed E-state index contributed by atoms with van der Waals surface area (Å²) >= 11 is 0. The molecular formula is C33H36Si. The van der Waals surface area contributed by atoms with Gasteiger partial charge >= 0.3 is 0 Å². The van der Waals surface area contributed by atoms with E-state index in [1.165, 1.54) is 55.7 Å². The summed E-state index contributed by atoms with van der Waals surface area (Å²) in [5.41, 5.74) is 17.0. The molecule has 0 N–H and O–H groups in total. The van der Waals surface area contributed by atoms with Crippen LogP contribution < -0.4 is 0 Å². The van der Waals surface area contributed by atoms with Crippen LogP contribution in [0.1, 0.15) is 74.3 Å². The van der Waals surface area contributed by atoms with Crippen LogP contribution in [0.3, 0.4) is 0 Å². The van der Waals surface area contributed by atoms with Gasteiger partial charge in [0.05, 0.1) is 0 Å². The van der Waals surface area contributed by atoms with Gasteiger partial charge in [-0.1, -0.05) is 117 Å². The maximum Gasteiger partial charge on any atom is 0.0164 e. The molecule has 5 rings (SSSR count). The summed E-state index contributed by atoms with van der Waals surface area (Å²) in [7, 11) is -0.394. The molecule has 0 bridgehead atoms. The van der Waals surface area contributed by atoms with E-state index in [1.807, 2.05) is 0 Å². The summed E-state index contributed by atoms with van der Waals surface area (Å²) in [4.78, 5) is 0. The molecule has 172 valence electrons. The van der Waals surface area contributed by atoms with Crippen molar-refractivity contribution < 1.29 is 0 Å². The fourth-order valence-corrected chi connectivity index (χ4v) is 7.98. The Morgan fingerprint density at radius 3 is 2.09 bits per heavy atom. The lowest BCUT2D eigenvalue weighted by Crippen LogP contribution is -2.22. The molecule has 0 saturated carbocycles. The molecule has 34 heavy (non-hydrogen) atoms. The minimum absolute atomic E-state index is 0.119. The lowest BCUT2D eigenvalue weighted by Gasteiger charge is -2.26. The summed E-state index contributed by atoms with van der Waals surface area (Å²) in [6.45, 7) is 16.4. The SMILES string of the molecule is CC1=Cc2c(-c3ccc(C(C)(C)C=[Si](C)C)cc3)cccc2C1C1C(C)=C(C)c2ccccc21. The number of allylic oxidation sites excluding steroid dienone is 3. The summed E-state index contributed by atoms with van der Waals surface area (Å²) in [5.74, 6) is 0.845. The summed E-state index contributed by atoms with van der Waals surface area (Å²) in [6, 6.07) is 25.2. The van der Waals surface area contributed by atoms with Crippen molar-refractivity contribution in [3.63, 3.8) is 0 Å². The van der Waals surface area contributed by atoms with Gasteiger partial charge in [0.25, 0.3) is 0 Å². The zero-order valence-electron chi connectivity index (χ0n) is 21.7. The Labute approximate surface area is 207 Å². The van der Waals surface area contributed by atoms with E-state index < -0.39 is 8.41 Å². The van der Waals surface area contributed by atoms with Crippen LogP contribution >= 0.6 is 0 Å². The van der Waals surface area contributed by atoms with Crippen molar-refractivity contribution in [3.05, 3.63) is 106 Å². The van der Waals surface area contributed by atoms with E-state index in [0.29, 0.717) is 11.8 Å². The van der Waals surface area contributed by atoms with Gasteiger partial charge in [-0.15, -0.1) is 0 Å². The molecule has 0 nitrogen and oxygen atoms in total. The molecule has 2 atom stereocenters. The van der Waals surface area contributed by atoms with Crippen LogP contribution in [-0.2, 0) is 5.41 Å². The lowest BCUT2D eigenvalue weighted by atomic mass is 9.77. The Bertz CT molecular complexity index is 1360. The minimum atomic E-state index is -0.394. The van der Waals surface area contributed by atoms with E-state index >= 15 is 0 Å². The van der Waals surface area contributed by atoms with E-state index in [2.05, 4.69) is 126 Å². The topological polar surface area (TPSA) is 0 Å². The van der Waals surface area contributed by atoms with Crippen molar-refractivity contribution in [1.82, 2.24) is 0 Å². The summed E-state index contributed by atoms with van der Waals surface area (Å²) < 4.78 is 0. The molecule has 2 aliphatic rings. The first-order valence-corrected chi connectivity index (χ1v) is 15.1. The van der Waals surface area contributed by atoms with Gasteiger partial charge < -0.3 is 0 Å². The molecular weight excluding hydrogens is 424 g/mol. The van der Waals surface area contributed by atoms with E-state index in [-0.39, 0.29) is 5.41 Å². The molecule has 0 aromatic heterocycles. The first-order chi connectivity index (χ1) is 16.2. The lowest BCUT2D eigenvalue weighted by molar-refractivity contribution is 0.692. The zero-order chi connectivity index (χ0) is 24.2. The predicted molar refractivity (Wildman–Crippen MR) is 152 cm³/mol. The van der Waals surface area contributed by atoms with Gasteiger partial charge in [0.2, 0.25) is 0 Å². The van der Waals surface area contributed by atoms with Crippen molar-refractivity contribution in [2.24, 2.45) is 0 Å². The Balaban J connectivity index is 1.56. The molecule has 0 heterocycles. The third kappa shape index (κ3) is 3.71. The molecule has 0 radical (unpaired) electrons. The van der Waals surface area contributed by atoms with Crippen LogP contribution in [0.4, 0.5) is 0 Å². The third-order valence-corrected chi connectivity index (χ3v) is 9.32. The first kappa shape index (κ1) is 23.0. The fourth-order valence-electron chi connectivity index (χ4n) is 6.37. The van der Waals surface area contributed by atoms with Gasteiger partial charge in [-0.3, -0.25) is 0 Å². The van der Waals surface area contributed by atoms with Crippen LogP contribution in [0.15, 0.2) is 77.9 Å². The second kappa shape index (κ2) is 8.47. The standard InChI is InChI=1S/C33H36Si/c1-21-19-30-27(24-15-17-25(18-16-24)33(4,5)20-34(6)7)13-10-14-29(30)31(21)32-23(3)22(2)26-11-8-9-12-28(26)32/h8-20,31-32H,1-7H3. The van der Waals surface area contributed by atoms with Crippen molar-refractivity contribution in [1.29, 1.82) is 0 Å². The van der Waals surface area contributed by atoms with Gasteiger partial charge in [0.15, 0.2) is 0 Å². The Hall–Kier alpha value is -2.77. The van der Waals surface area contributed by atoms with Crippen molar-refractivity contribution in [2.45, 2.75) is 65.0 Å². The quantitative estimate of drug-likeness (QED) is 0.341. The molecule has 0 amide bonds. The van der Waals surface area contributed by atoms with E-state index in [9.17, 15) is 0 Å². The molecule has 0 spiro atoms. The number of hydrogen-bond acceptors (Lipinski definition) is 0. The minimum Gasteiger partial charge on any atom is -0.0942 e. The van der Waals surface area contributed by atoms with Gasteiger partial charge in [0.1, 0.15) is 0 Å². The normalized spacial score (nSPS) is 19.1. The Morgan fingerprint density at radius 2 is 1.38 bits per heavy atom. The summed E-state index contributed by atoms with van der Waals surface area (Å²) in [6.07, 6.45) is 2.45. The zero-order valence-corrected chi connectivity index (χ0v) is 22.7. The predicted octanol–water partition coefficient (Wildman–Crippen LogP) is 8.86. The largest absolute Gasteiger partial charge is 0.0942 e. The second-order valence-electron chi connectivity index (χ2n) is 11.1. The molecule has 0 fully saturated rings. The highest BCUT2D eigenvalue weighted by molar-refractivity contribution is 6.64. The van der Waals surface area contributed by atoms with Crippen molar-refractivity contribution in [3.8, 4) is 11.1 Å². The molecule has 3 aromatic rings. The number of rotatable bonds is 4. The monoisotopic (exact) mass is 460 g/mol. The molecule has 2 unspecified atom stereocenters.